The molecule has 1 aliphatic carbocycles. The van der Waals surface area contributed by atoms with Crippen molar-refractivity contribution in [3.8, 4) is 0 Å². The molecule has 2 N–H and O–H groups in total. The van der Waals surface area contributed by atoms with E-state index in [1.165, 1.54) is 18.9 Å². The lowest BCUT2D eigenvalue weighted by atomic mass is 10.0. The summed E-state index contributed by atoms with van der Waals surface area (Å²) >= 11 is 0. The summed E-state index contributed by atoms with van der Waals surface area (Å²) in [6, 6.07) is 6.61. The largest absolute Gasteiger partial charge is 0.372 e. The van der Waals surface area contributed by atoms with Crippen molar-refractivity contribution in [2.24, 2.45) is 11.7 Å². The molecule has 1 fully saturated rings. The fourth-order valence-corrected chi connectivity index (χ4v) is 2.13. The van der Waals surface area contributed by atoms with Crippen LogP contribution in [0, 0.1) is 11.7 Å². The van der Waals surface area contributed by atoms with Crippen LogP contribution >= 0.6 is 0 Å². The molecule has 1 aromatic rings. The van der Waals surface area contributed by atoms with Crippen molar-refractivity contribution < 1.29 is 9.13 Å². The van der Waals surface area contributed by atoms with Crippen molar-refractivity contribution in [1.29, 1.82) is 0 Å². The molecule has 0 saturated heterocycles. The maximum atomic E-state index is 13.8. The van der Waals surface area contributed by atoms with Crippen LogP contribution < -0.4 is 5.73 Å². The van der Waals surface area contributed by atoms with Crippen LogP contribution in [0.4, 0.5) is 4.39 Å². The van der Waals surface area contributed by atoms with E-state index in [-0.39, 0.29) is 18.0 Å². The zero-order valence-electron chi connectivity index (χ0n) is 10.9. The molecule has 1 aliphatic rings. The molecule has 2 nitrogen and oxygen atoms in total. The van der Waals surface area contributed by atoms with Crippen molar-refractivity contribution in [3.63, 3.8) is 0 Å². The lowest BCUT2D eigenvalue weighted by molar-refractivity contribution is 0.0277. The van der Waals surface area contributed by atoms with Gasteiger partial charge in [0, 0.05) is 18.2 Å². The van der Waals surface area contributed by atoms with E-state index in [0.29, 0.717) is 12.2 Å². The minimum atomic E-state index is -0.324. The summed E-state index contributed by atoms with van der Waals surface area (Å²) in [6.45, 7) is 2.68. The molecule has 0 spiro atoms. The highest BCUT2D eigenvalue weighted by atomic mass is 19.1. The molecule has 18 heavy (non-hydrogen) atoms. The van der Waals surface area contributed by atoms with E-state index in [0.717, 1.165) is 18.8 Å². The third-order valence-electron chi connectivity index (χ3n) is 3.59. The van der Waals surface area contributed by atoms with Crippen LogP contribution in [0.5, 0.6) is 0 Å². The number of halogens is 1. The van der Waals surface area contributed by atoms with E-state index in [4.69, 9.17) is 10.5 Å². The Labute approximate surface area is 108 Å². The Bertz CT molecular complexity index is 379. The Morgan fingerprint density at radius 2 is 2.11 bits per heavy atom. The number of hydrogen-bond donors (Lipinski definition) is 1. The molecular formula is C15H22FNO. The highest BCUT2D eigenvalue weighted by Crippen LogP contribution is 2.33. The topological polar surface area (TPSA) is 35.2 Å². The maximum absolute atomic E-state index is 13.8. The summed E-state index contributed by atoms with van der Waals surface area (Å²) in [5.74, 6) is 0.599. The molecule has 100 valence electrons. The third-order valence-corrected chi connectivity index (χ3v) is 3.59. The quantitative estimate of drug-likeness (QED) is 0.806. The predicted molar refractivity (Wildman–Crippen MR) is 70.7 cm³/mol. The van der Waals surface area contributed by atoms with Crippen molar-refractivity contribution in [2.45, 2.75) is 44.8 Å². The fraction of sp³-hybridized carbons (Fsp3) is 0.600. The van der Waals surface area contributed by atoms with Gasteiger partial charge in [0.25, 0.3) is 0 Å². The van der Waals surface area contributed by atoms with Gasteiger partial charge >= 0.3 is 0 Å². The number of nitrogens with two attached hydrogens (primary N) is 1. The number of rotatable bonds is 7. The molecule has 3 heteroatoms. The lowest BCUT2D eigenvalue weighted by Crippen LogP contribution is -2.30. The van der Waals surface area contributed by atoms with Crippen LogP contribution in [-0.4, -0.2) is 12.6 Å². The Hall–Kier alpha value is -0.930. The van der Waals surface area contributed by atoms with Gasteiger partial charge in [-0.25, -0.2) is 4.39 Å². The maximum Gasteiger partial charge on any atom is 0.129 e. The number of ether oxygens (including phenoxy) is 1. The molecule has 2 unspecified atom stereocenters. The summed E-state index contributed by atoms with van der Waals surface area (Å²) < 4.78 is 19.6. The lowest BCUT2D eigenvalue weighted by Gasteiger charge is -2.24. The van der Waals surface area contributed by atoms with Crippen LogP contribution in [0.15, 0.2) is 24.3 Å². The van der Waals surface area contributed by atoms with Gasteiger partial charge in [0.2, 0.25) is 0 Å². The van der Waals surface area contributed by atoms with E-state index < -0.39 is 0 Å². The predicted octanol–water partition coefficient (Wildman–Crippen LogP) is 3.42. The van der Waals surface area contributed by atoms with Gasteiger partial charge in [-0.05, 0) is 24.8 Å². The molecule has 0 heterocycles. The van der Waals surface area contributed by atoms with Gasteiger partial charge in [-0.15, -0.1) is 0 Å². The zero-order valence-corrected chi connectivity index (χ0v) is 10.9. The van der Waals surface area contributed by atoms with E-state index in [9.17, 15) is 4.39 Å². The highest BCUT2D eigenvalue weighted by molar-refractivity contribution is 5.21. The summed E-state index contributed by atoms with van der Waals surface area (Å²) in [7, 11) is 0. The van der Waals surface area contributed by atoms with Crippen molar-refractivity contribution >= 4 is 0 Å². The first-order valence-electron chi connectivity index (χ1n) is 6.84. The first kappa shape index (κ1) is 13.5. The SMILES string of the molecule is CCC(N)C(OCCC1CC1)c1ccccc1F. The van der Waals surface area contributed by atoms with E-state index >= 15 is 0 Å². The Balaban J connectivity index is 2.01. The summed E-state index contributed by atoms with van der Waals surface area (Å²) in [5, 5.41) is 0. The Morgan fingerprint density at radius 3 is 2.72 bits per heavy atom. The molecule has 0 radical (unpaired) electrons. The molecule has 0 bridgehead atoms. The van der Waals surface area contributed by atoms with E-state index in [2.05, 4.69) is 0 Å². The van der Waals surface area contributed by atoms with Crippen LogP contribution in [0.3, 0.4) is 0 Å². The first-order valence-corrected chi connectivity index (χ1v) is 6.84. The van der Waals surface area contributed by atoms with Crippen LogP contribution in [0.2, 0.25) is 0 Å². The molecule has 0 aromatic heterocycles. The number of hydrogen-bond acceptors (Lipinski definition) is 2. The van der Waals surface area contributed by atoms with Gasteiger partial charge in [-0.3, -0.25) is 0 Å². The van der Waals surface area contributed by atoms with Gasteiger partial charge in [-0.2, -0.15) is 0 Å². The summed E-state index contributed by atoms with van der Waals surface area (Å²) in [4.78, 5) is 0. The molecule has 0 amide bonds. The second kappa shape index (κ2) is 6.30. The van der Waals surface area contributed by atoms with Crippen molar-refractivity contribution in [2.75, 3.05) is 6.61 Å². The van der Waals surface area contributed by atoms with Gasteiger partial charge in [0.1, 0.15) is 11.9 Å². The second-order valence-corrected chi connectivity index (χ2v) is 5.12. The fourth-order valence-electron chi connectivity index (χ4n) is 2.13. The summed E-state index contributed by atoms with van der Waals surface area (Å²) in [6.07, 6.45) is 4.15. The molecule has 0 aliphatic heterocycles. The van der Waals surface area contributed by atoms with Gasteiger partial charge in [0.05, 0.1) is 0 Å². The average Bonchev–Trinajstić information content (AvgIpc) is 3.19. The molecule has 2 atom stereocenters. The summed E-state index contributed by atoms with van der Waals surface area (Å²) in [5.41, 5.74) is 6.64. The minimum Gasteiger partial charge on any atom is -0.372 e. The van der Waals surface area contributed by atoms with Crippen LogP contribution in [0.1, 0.15) is 44.3 Å². The van der Waals surface area contributed by atoms with Gasteiger partial charge < -0.3 is 10.5 Å². The average molecular weight is 251 g/mol. The van der Waals surface area contributed by atoms with Gasteiger partial charge in [0.15, 0.2) is 0 Å². The first-order chi connectivity index (χ1) is 8.72. The zero-order chi connectivity index (χ0) is 13.0. The monoisotopic (exact) mass is 251 g/mol. The van der Waals surface area contributed by atoms with Crippen molar-refractivity contribution in [1.82, 2.24) is 0 Å². The molecule has 1 saturated carbocycles. The molecule has 2 rings (SSSR count). The van der Waals surface area contributed by atoms with E-state index in [1.54, 1.807) is 12.1 Å². The van der Waals surface area contributed by atoms with Crippen LogP contribution in [0.25, 0.3) is 0 Å². The van der Waals surface area contributed by atoms with E-state index in [1.807, 2.05) is 13.0 Å². The Kier molecular flexibility index (Phi) is 4.72. The highest BCUT2D eigenvalue weighted by Gasteiger charge is 2.25. The Morgan fingerprint density at radius 1 is 1.39 bits per heavy atom. The smallest absolute Gasteiger partial charge is 0.129 e. The van der Waals surface area contributed by atoms with Crippen LogP contribution in [-0.2, 0) is 4.74 Å². The normalized spacial score (nSPS) is 18.6. The minimum absolute atomic E-state index is 0.152. The standard InChI is InChI=1S/C15H22FNO/c1-2-14(17)15(18-10-9-11-7-8-11)12-5-3-4-6-13(12)16/h3-6,11,14-15H,2,7-10,17H2,1H3. The third kappa shape index (κ3) is 3.53. The molecule has 1 aromatic carbocycles. The molecular weight excluding hydrogens is 229 g/mol. The number of benzene rings is 1. The second-order valence-electron chi connectivity index (χ2n) is 5.12. The van der Waals surface area contributed by atoms with Crippen molar-refractivity contribution in [3.05, 3.63) is 35.6 Å². The van der Waals surface area contributed by atoms with Gasteiger partial charge in [-0.1, -0.05) is 38.0 Å².